The highest BCUT2D eigenvalue weighted by Gasteiger charge is 2.41. The molecule has 1 unspecified atom stereocenters. The van der Waals surface area contributed by atoms with Crippen LogP contribution in [0.25, 0.3) is 0 Å². The van der Waals surface area contributed by atoms with Crippen molar-refractivity contribution in [2.24, 2.45) is 0 Å². The third-order valence-electron chi connectivity index (χ3n) is 2.98. The molecule has 7 heteroatoms. The minimum absolute atomic E-state index is 0.160. The molecule has 1 heterocycles. The number of carboxylic acid groups (broad SMARTS) is 1. The fraction of sp³-hybridized carbons (Fsp3) is 0.846. The van der Waals surface area contributed by atoms with E-state index in [2.05, 4.69) is 5.48 Å². The van der Waals surface area contributed by atoms with E-state index in [1.807, 2.05) is 0 Å². The quantitative estimate of drug-likeness (QED) is 0.760. The van der Waals surface area contributed by atoms with E-state index < -0.39 is 23.3 Å². The van der Waals surface area contributed by atoms with E-state index in [-0.39, 0.29) is 13.0 Å². The lowest BCUT2D eigenvalue weighted by Gasteiger charge is -2.41. The number of rotatable bonds is 4. The van der Waals surface area contributed by atoms with Crippen molar-refractivity contribution in [3.63, 3.8) is 0 Å². The van der Waals surface area contributed by atoms with E-state index in [4.69, 9.17) is 14.7 Å². The lowest BCUT2D eigenvalue weighted by molar-refractivity contribution is -0.161. The summed E-state index contributed by atoms with van der Waals surface area (Å²) in [5.41, 5.74) is 1.07. The van der Waals surface area contributed by atoms with Crippen LogP contribution in [0.5, 0.6) is 0 Å². The molecule has 0 radical (unpaired) electrons. The van der Waals surface area contributed by atoms with E-state index in [1.165, 1.54) is 4.90 Å². The van der Waals surface area contributed by atoms with Crippen molar-refractivity contribution in [3.8, 4) is 0 Å². The number of hydroxylamine groups is 1. The number of piperidine rings is 1. The molecule has 0 aromatic heterocycles. The highest BCUT2D eigenvalue weighted by molar-refractivity contribution is 5.70. The Hall–Kier alpha value is -1.34. The average molecular weight is 288 g/mol. The van der Waals surface area contributed by atoms with Gasteiger partial charge in [0.1, 0.15) is 11.2 Å². The smallest absolute Gasteiger partial charge is 0.410 e. The Labute approximate surface area is 119 Å². The number of nitrogens with one attached hydrogen (secondary N) is 1. The Balaban J connectivity index is 2.76. The number of carbonyl (C=O) groups is 2. The third kappa shape index (κ3) is 4.97. The number of aliphatic carboxylic acids is 1. The van der Waals surface area contributed by atoms with Gasteiger partial charge in [0.15, 0.2) is 0 Å². The van der Waals surface area contributed by atoms with Crippen LogP contribution in [0.4, 0.5) is 4.79 Å². The van der Waals surface area contributed by atoms with Gasteiger partial charge in [-0.2, -0.15) is 0 Å². The van der Waals surface area contributed by atoms with Crippen LogP contribution in [0.1, 0.15) is 40.0 Å². The van der Waals surface area contributed by atoms with Crippen molar-refractivity contribution in [1.29, 1.82) is 0 Å². The molecule has 0 aliphatic carbocycles. The van der Waals surface area contributed by atoms with Crippen LogP contribution < -0.4 is 5.48 Å². The van der Waals surface area contributed by atoms with E-state index in [1.54, 1.807) is 27.8 Å². The molecule has 1 aliphatic rings. The molecule has 0 aromatic carbocycles. The number of carboxylic acids is 1. The van der Waals surface area contributed by atoms with Gasteiger partial charge in [-0.1, -0.05) is 0 Å². The molecule has 1 amide bonds. The van der Waals surface area contributed by atoms with Gasteiger partial charge in [-0.3, -0.25) is 9.63 Å². The second kappa shape index (κ2) is 6.41. The van der Waals surface area contributed by atoms with Crippen LogP contribution in [0, 0.1) is 0 Å². The maximum Gasteiger partial charge on any atom is 0.410 e. The normalized spacial score (nSPS) is 23.5. The molecule has 1 aliphatic heterocycles. The Morgan fingerprint density at radius 3 is 2.55 bits per heavy atom. The van der Waals surface area contributed by atoms with Gasteiger partial charge in [-0.25, -0.2) is 10.3 Å². The lowest BCUT2D eigenvalue weighted by atomic mass is 9.89. The highest BCUT2D eigenvalue weighted by Crippen LogP contribution is 2.28. The van der Waals surface area contributed by atoms with Crippen molar-refractivity contribution in [1.82, 2.24) is 10.4 Å². The van der Waals surface area contributed by atoms with Crippen LogP contribution in [0.2, 0.25) is 0 Å². The molecule has 0 spiro atoms. The van der Waals surface area contributed by atoms with Crippen LogP contribution in [0.3, 0.4) is 0 Å². The zero-order chi connectivity index (χ0) is 15.4. The number of likely N-dealkylation sites (tertiary alicyclic amines) is 1. The van der Waals surface area contributed by atoms with Crippen molar-refractivity contribution in [2.45, 2.75) is 51.2 Å². The van der Waals surface area contributed by atoms with Gasteiger partial charge in [0.25, 0.3) is 0 Å². The topological polar surface area (TPSA) is 88.1 Å². The molecule has 116 valence electrons. The fourth-order valence-electron chi connectivity index (χ4n) is 2.34. The molecule has 0 saturated carbocycles. The van der Waals surface area contributed by atoms with Crippen LogP contribution in [0.15, 0.2) is 0 Å². The zero-order valence-electron chi connectivity index (χ0n) is 12.6. The lowest BCUT2D eigenvalue weighted by Crippen LogP contribution is -2.55. The number of hydrogen-bond donors (Lipinski definition) is 2. The molecular weight excluding hydrogens is 264 g/mol. The number of nitrogens with zero attached hydrogens (tertiary/aromatic N) is 1. The van der Waals surface area contributed by atoms with E-state index in [0.29, 0.717) is 19.4 Å². The Bertz CT molecular complexity index is 362. The maximum atomic E-state index is 12.1. The summed E-state index contributed by atoms with van der Waals surface area (Å²) >= 11 is 0. The summed E-state index contributed by atoms with van der Waals surface area (Å²) in [6.45, 7) is 6.13. The fourth-order valence-corrected chi connectivity index (χ4v) is 2.34. The number of ether oxygens (including phenoxy) is 1. The minimum Gasteiger partial charge on any atom is -0.481 e. The van der Waals surface area contributed by atoms with Crippen molar-refractivity contribution >= 4 is 12.1 Å². The number of amides is 1. The van der Waals surface area contributed by atoms with Crippen molar-refractivity contribution in [3.05, 3.63) is 0 Å². The predicted molar refractivity (Wildman–Crippen MR) is 72.2 cm³/mol. The largest absolute Gasteiger partial charge is 0.481 e. The summed E-state index contributed by atoms with van der Waals surface area (Å²) in [5.74, 6) is -0.953. The van der Waals surface area contributed by atoms with Gasteiger partial charge in [0, 0.05) is 13.6 Å². The van der Waals surface area contributed by atoms with Gasteiger partial charge in [0.05, 0.1) is 13.0 Å². The molecule has 1 atom stereocenters. The van der Waals surface area contributed by atoms with E-state index >= 15 is 0 Å². The molecule has 1 rings (SSSR count). The first-order valence-electron chi connectivity index (χ1n) is 6.72. The first-order valence-corrected chi connectivity index (χ1v) is 6.72. The molecule has 1 fully saturated rings. The SMILES string of the molecule is CNOC1(CC(=O)O)CCCN(C(=O)OC(C)(C)C)C1. The molecule has 7 nitrogen and oxygen atoms in total. The maximum absolute atomic E-state index is 12.1. The van der Waals surface area contributed by atoms with Crippen molar-refractivity contribution in [2.75, 3.05) is 20.1 Å². The second-order valence-electron chi connectivity index (χ2n) is 6.07. The van der Waals surface area contributed by atoms with E-state index in [9.17, 15) is 9.59 Å². The second-order valence-corrected chi connectivity index (χ2v) is 6.07. The van der Waals surface area contributed by atoms with Gasteiger partial charge in [0.2, 0.25) is 0 Å². The van der Waals surface area contributed by atoms with Crippen LogP contribution in [-0.4, -0.2) is 53.4 Å². The Morgan fingerprint density at radius 2 is 2.05 bits per heavy atom. The average Bonchev–Trinajstić information content (AvgIpc) is 2.26. The van der Waals surface area contributed by atoms with E-state index in [0.717, 1.165) is 0 Å². The first kappa shape index (κ1) is 16.7. The summed E-state index contributed by atoms with van der Waals surface area (Å²) < 4.78 is 5.32. The third-order valence-corrected chi connectivity index (χ3v) is 2.98. The molecule has 0 bridgehead atoms. The molecule has 2 N–H and O–H groups in total. The highest BCUT2D eigenvalue weighted by atomic mass is 16.7. The first-order chi connectivity index (χ1) is 9.17. The Morgan fingerprint density at radius 1 is 1.40 bits per heavy atom. The monoisotopic (exact) mass is 288 g/mol. The zero-order valence-corrected chi connectivity index (χ0v) is 12.6. The van der Waals surface area contributed by atoms with Gasteiger partial charge in [-0.05, 0) is 33.6 Å². The standard InChI is InChI=1S/C13H24N2O5/c1-12(2,3)19-11(18)15-7-5-6-13(9-15,20-14-4)8-10(16)17/h14H,5-9H2,1-4H3,(H,16,17). The van der Waals surface area contributed by atoms with Gasteiger partial charge >= 0.3 is 12.1 Å². The molecule has 20 heavy (non-hydrogen) atoms. The molecule has 1 saturated heterocycles. The summed E-state index contributed by atoms with van der Waals surface area (Å²) in [4.78, 5) is 30.0. The number of hydrogen-bond acceptors (Lipinski definition) is 5. The predicted octanol–water partition coefficient (Wildman–Crippen LogP) is 1.38. The molecular formula is C13H24N2O5. The van der Waals surface area contributed by atoms with Gasteiger partial charge in [-0.15, -0.1) is 0 Å². The summed E-state index contributed by atoms with van der Waals surface area (Å²) in [5, 5.41) is 9.03. The van der Waals surface area contributed by atoms with Crippen LogP contribution >= 0.6 is 0 Å². The minimum atomic E-state index is -0.953. The van der Waals surface area contributed by atoms with Crippen LogP contribution in [-0.2, 0) is 14.4 Å². The Kier molecular flexibility index (Phi) is 5.35. The summed E-state index contributed by atoms with van der Waals surface area (Å²) in [7, 11) is 1.58. The van der Waals surface area contributed by atoms with Crippen molar-refractivity contribution < 1.29 is 24.3 Å². The molecule has 0 aromatic rings. The van der Waals surface area contributed by atoms with Gasteiger partial charge < -0.3 is 14.7 Å². The summed E-state index contributed by atoms with van der Waals surface area (Å²) in [6.07, 6.45) is 0.660. The summed E-state index contributed by atoms with van der Waals surface area (Å²) in [6, 6.07) is 0. The number of carbonyl (C=O) groups excluding carboxylic acids is 1.